The van der Waals surface area contributed by atoms with Crippen molar-refractivity contribution in [1.29, 1.82) is 0 Å². The number of benzene rings is 1. The van der Waals surface area contributed by atoms with Crippen molar-refractivity contribution in [2.24, 2.45) is 0 Å². The minimum atomic E-state index is -0.266. The average Bonchev–Trinajstić information content (AvgIpc) is 3.03. The largest absolute Gasteiger partial charge is 0.319 e. The molecule has 1 N–H and O–H groups in total. The Morgan fingerprint density at radius 3 is 2.76 bits per heavy atom. The summed E-state index contributed by atoms with van der Waals surface area (Å²) in [7, 11) is 0. The van der Waals surface area contributed by atoms with Gasteiger partial charge in [0.15, 0.2) is 0 Å². The van der Waals surface area contributed by atoms with Gasteiger partial charge in [0.05, 0.1) is 21.9 Å². The van der Waals surface area contributed by atoms with Crippen molar-refractivity contribution in [3.8, 4) is 11.3 Å². The van der Waals surface area contributed by atoms with Gasteiger partial charge in [-0.3, -0.25) is 9.78 Å². The molecule has 2 heterocycles. The Morgan fingerprint density at radius 1 is 1.14 bits per heavy atom. The molecule has 0 atom stereocenters. The van der Waals surface area contributed by atoms with Gasteiger partial charge >= 0.3 is 0 Å². The normalized spacial score (nSPS) is 10.3. The molecule has 0 aliphatic carbocycles. The van der Waals surface area contributed by atoms with Crippen molar-refractivity contribution >= 4 is 34.5 Å². The molecule has 0 saturated carbocycles. The SMILES string of the molecule is O=C(Nc1cccnc1-c1ccccc1Cl)c1cscn1. The van der Waals surface area contributed by atoms with Crippen molar-refractivity contribution in [1.82, 2.24) is 9.97 Å². The Bertz CT molecular complexity index is 774. The van der Waals surface area contributed by atoms with Crippen molar-refractivity contribution in [3.05, 3.63) is 64.2 Å². The second-order valence-corrected chi connectivity index (χ2v) is 5.33. The third kappa shape index (κ3) is 2.94. The molecule has 1 amide bonds. The van der Waals surface area contributed by atoms with E-state index in [0.29, 0.717) is 22.1 Å². The quantitative estimate of drug-likeness (QED) is 0.791. The van der Waals surface area contributed by atoms with Crippen molar-refractivity contribution in [2.75, 3.05) is 5.32 Å². The molecular formula is C15H10ClN3OS. The van der Waals surface area contributed by atoms with E-state index in [4.69, 9.17) is 11.6 Å². The summed E-state index contributed by atoms with van der Waals surface area (Å²) in [5, 5.41) is 5.10. The molecule has 2 aromatic heterocycles. The molecule has 3 aromatic rings. The van der Waals surface area contributed by atoms with Gasteiger partial charge in [-0.05, 0) is 18.2 Å². The lowest BCUT2D eigenvalue weighted by molar-refractivity contribution is 0.102. The summed E-state index contributed by atoms with van der Waals surface area (Å²) in [6.45, 7) is 0. The van der Waals surface area contributed by atoms with E-state index in [1.54, 1.807) is 35.3 Å². The van der Waals surface area contributed by atoms with Crippen LogP contribution in [0.3, 0.4) is 0 Å². The van der Waals surface area contributed by atoms with Gasteiger partial charge in [-0.15, -0.1) is 11.3 Å². The van der Waals surface area contributed by atoms with E-state index >= 15 is 0 Å². The first-order chi connectivity index (χ1) is 10.3. The first-order valence-electron chi connectivity index (χ1n) is 6.15. The number of pyridine rings is 1. The summed E-state index contributed by atoms with van der Waals surface area (Å²) in [5.74, 6) is -0.266. The summed E-state index contributed by atoms with van der Waals surface area (Å²) in [4.78, 5) is 20.4. The monoisotopic (exact) mass is 315 g/mol. The highest BCUT2D eigenvalue weighted by Gasteiger charge is 2.13. The molecule has 0 saturated heterocycles. The molecule has 0 aliphatic heterocycles. The number of aromatic nitrogens is 2. The molecule has 104 valence electrons. The fourth-order valence-corrected chi connectivity index (χ4v) is 2.64. The van der Waals surface area contributed by atoms with Crippen LogP contribution < -0.4 is 5.32 Å². The number of thiazole rings is 1. The van der Waals surface area contributed by atoms with Gasteiger partial charge in [-0.2, -0.15) is 0 Å². The highest BCUT2D eigenvalue weighted by Crippen LogP contribution is 2.31. The summed E-state index contributed by atoms with van der Waals surface area (Å²) in [6, 6.07) is 10.9. The van der Waals surface area contributed by atoms with Gasteiger partial charge in [0.2, 0.25) is 0 Å². The van der Waals surface area contributed by atoms with E-state index in [1.807, 2.05) is 18.2 Å². The summed E-state index contributed by atoms with van der Waals surface area (Å²) >= 11 is 7.58. The highest BCUT2D eigenvalue weighted by molar-refractivity contribution is 7.07. The number of hydrogen-bond acceptors (Lipinski definition) is 4. The van der Waals surface area contributed by atoms with E-state index in [0.717, 1.165) is 5.56 Å². The minimum absolute atomic E-state index is 0.266. The molecule has 4 nitrogen and oxygen atoms in total. The number of nitrogens with one attached hydrogen (secondary N) is 1. The zero-order valence-corrected chi connectivity index (χ0v) is 12.4. The lowest BCUT2D eigenvalue weighted by Gasteiger charge is -2.10. The van der Waals surface area contributed by atoms with Gasteiger partial charge in [0, 0.05) is 17.1 Å². The smallest absolute Gasteiger partial charge is 0.275 e. The van der Waals surface area contributed by atoms with Crippen LogP contribution in [0.15, 0.2) is 53.5 Å². The van der Waals surface area contributed by atoms with Gasteiger partial charge < -0.3 is 5.32 Å². The lowest BCUT2D eigenvalue weighted by Crippen LogP contribution is -2.13. The minimum Gasteiger partial charge on any atom is -0.319 e. The van der Waals surface area contributed by atoms with E-state index in [1.165, 1.54) is 11.3 Å². The van der Waals surface area contributed by atoms with Crippen LogP contribution >= 0.6 is 22.9 Å². The maximum atomic E-state index is 12.1. The first-order valence-corrected chi connectivity index (χ1v) is 7.47. The Labute approximate surface area is 130 Å². The number of amides is 1. The van der Waals surface area contributed by atoms with E-state index in [2.05, 4.69) is 15.3 Å². The molecule has 3 rings (SSSR count). The van der Waals surface area contributed by atoms with Gasteiger partial charge in [0.1, 0.15) is 5.69 Å². The molecular weight excluding hydrogens is 306 g/mol. The Kier molecular flexibility index (Phi) is 3.94. The molecule has 0 radical (unpaired) electrons. The number of rotatable bonds is 3. The number of anilines is 1. The molecule has 6 heteroatoms. The van der Waals surface area contributed by atoms with Crippen LogP contribution in [-0.2, 0) is 0 Å². The van der Waals surface area contributed by atoms with E-state index < -0.39 is 0 Å². The third-order valence-corrected chi connectivity index (χ3v) is 3.77. The average molecular weight is 316 g/mol. The zero-order chi connectivity index (χ0) is 14.7. The van der Waals surface area contributed by atoms with Gasteiger partial charge in [-0.1, -0.05) is 29.8 Å². The number of halogens is 1. The second-order valence-electron chi connectivity index (χ2n) is 4.21. The Morgan fingerprint density at radius 2 is 2.00 bits per heavy atom. The van der Waals surface area contributed by atoms with Crippen molar-refractivity contribution in [3.63, 3.8) is 0 Å². The molecule has 0 spiro atoms. The van der Waals surface area contributed by atoms with Crippen LogP contribution in [0.5, 0.6) is 0 Å². The van der Waals surface area contributed by atoms with Gasteiger partial charge in [-0.25, -0.2) is 4.98 Å². The summed E-state index contributed by atoms with van der Waals surface area (Å²) in [6.07, 6.45) is 1.66. The molecule has 21 heavy (non-hydrogen) atoms. The molecule has 0 unspecified atom stereocenters. The topological polar surface area (TPSA) is 54.9 Å². The number of nitrogens with zero attached hydrogens (tertiary/aromatic N) is 2. The summed E-state index contributed by atoms with van der Waals surface area (Å²) in [5.41, 5.74) is 4.00. The van der Waals surface area contributed by atoms with Crippen LogP contribution in [0.4, 0.5) is 5.69 Å². The Hall–Kier alpha value is -2.24. The Balaban J connectivity index is 1.97. The third-order valence-electron chi connectivity index (χ3n) is 2.85. The molecule has 1 aromatic carbocycles. The van der Waals surface area contributed by atoms with Crippen LogP contribution in [0.25, 0.3) is 11.3 Å². The highest BCUT2D eigenvalue weighted by atomic mass is 35.5. The van der Waals surface area contributed by atoms with E-state index in [9.17, 15) is 4.79 Å². The van der Waals surface area contributed by atoms with Crippen LogP contribution in [0.1, 0.15) is 10.5 Å². The van der Waals surface area contributed by atoms with Crippen LogP contribution in [0.2, 0.25) is 5.02 Å². The molecule has 0 aliphatic rings. The van der Waals surface area contributed by atoms with Gasteiger partial charge in [0.25, 0.3) is 5.91 Å². The maximum absolute atomic E-state index is 12.1. The zero-order valence-electron chi connectivity index (χ0n) is 10.8. The summed E-state index contributed by atoms with van der Waals surface area (Å²) < 4.78 is 0. The molecule has 0 fully saturated rings. The number of hydrogen-bond donors (Lipinski definition) is 1. The van der Waals surface area contributed by atoms with Crippen molar-refractivity contribution < 1.29 is 4.79 Å². The standard InChI is InChI=1S/C15H10ClN3OS/c16-11-5-2-1-4-10(11)14-12(6-3-7-17-14)19-15(20)13-8-21-9-18-13/h1-9H,(H,19,20). The predicted molar refractivity (Wildman–Crippen MR) is 84.8 cm³/mol. The molecule has 0 bridgehead atoms. The van der Waals surface area contributed by atoms with Crippen LogP contribution in [0, 0.1) is 0 Å². The van der Waals surface area contributed by atoms with Crippen molar-refractivity contribution in [2.45, 2.75) is 0 Å². The lowest BCUT2D eigenvalue weighted by atomic mass is 10.1. The number of carbonyl (C=O) groups is 1. The predicted octanol–water partition coefficient (Wildman–Crippen LogP) is 4.11. The fraction of sp³-hybridized carbons (Fsp3) is 0. The maximum Gasteiger partial charge on any atom is 0.275 e. The first kappa shape index (κ1) is 13.7. The van der Waals surface area contributed by atoms with E-state index in [-0.39, 0.29) is 5.91 Å². The fourth-order valence-electron chi connectivity index (χ4n) is 1.89. The van der Waals surface area contributed by atoms with Crippen LogP contribution in [-0.4, -0.2) is 15.9 Å². The second kappa shape index (κ2) is 6.03. The number of carbonyl (C=O) groups excluding carboxylic acids is 1.